The van der Waals surface area contributed by atoms with E-state index in [-0.39, 0.29) is 32.0 Å². The van der Waals surface area contributed by atoms with Gasteiger partial charge in [-0.05, 0) is 54.4 Å². The number of carbonyl (C=O) groups excluding carboxylic acids is 2. The molecule has 18 heteroatoms. The SMILES string of the molecule is CCO[Si](CCCNC(=O)OCC(COCC1CO1)(COC(=O)NCCC[Si](OCC)(OCC)OCC)C(OC)C1CO1)(OCC)OCC. The standard InChI is InChI=1S/C31H62N2O14Si2/c1-8-42-48(43-9-2,44-10-3)18-14-16-32-29(34)40-24-31(23-37-20-26-21-38-26,28(36-7)27-22-39-27)25-41-30(35)33-17-15-19-49(45-11-4,46-12-5)47-13-6/h26-28H,8-25H2,1-7H3,(H,32,34)(H,33,35). The number of rotatable bonds is 31. The lowest BCUT2D eigenvalue weighted by Crippen LogP contribution is -2.52. The third kappa shape index (κ3) is 16.2. The number of nitrogens with one attached hydrogen (secondary N) is 2. The molecule has 2 saturated heterocycles. The number of alkyl carbamates (subject to hydrolysis) is 2. The zero-order chi connectivity index (χ0) is 36.0. The number of hydrogen-bond donors (Lipinski definition) is 2. The highest BCUT2D eigenvalue weighted by Gasteiger charge is 2.51. The molecule has 0 bridgehead atoms. The molecule has 2 aliphatic heterocycles. The minimum Gasteiger partial charge on any atom is -0.449 e. The Hall–Kier alpha value is -1.43. The minimum atomic E-state index is -2.84. The number of epoxide rings is 2. The Morgan fingerprint density at radius 3 is 1.43 bits per heavy atom. The van der Waals surface area contributed by atoms with Gasteiger partial charge in [-0.15, -0.1) is 0 Å². The zero-order valence-electron chi connectivity index (χ0n) is 30.7. The van der Waals surface area contributed by atoms with E-state index in [1.807, 2.05) is 41.5 Å². The molecular formula is C31H62N2O14Si2. The monoisotopic (exact) mass is 742 g/mol. The maximum Gasteiger partial charge on any atom is 0.500 e. The highest BCUT2D eigenvalue weighted by Crippen LogP contribution is 2.35. The first-order chi connectivity index (χ1) is 23.7. The van der Waals surface area contributed by atoms with E-state index in [1.54, 1.807) is 7.11 Å². The van der Waals surface area contributed by atoms with Crippen LogP contribution >= 0.6 is 0 Å². The molecule has 2 rings (SSSR count). The predicted molar refractivity (Wildman–Crippen MR) is 182 cm³/mol. The van der Waals surface area contributed by atoms with Gasteiger partial charge in [-0.25, -0.2) is 9.59 Å². The lowest BCUT2D eigenvalue weighted by atomic mass is 9.82. The Bertz CT molecular complexity index is 831. The van der Waals surface area contributed by atoms with Crippen LogP contribution in [0.4, 0.5) is 9.59 Å². The molecule has 0 aromatic carbocycles. The molecule has 0 saturated carbocycles. The van der Waals surface area contributed by atoms with Gasteiger partial charge in [0.2, 0.25) is 0 Å². The van der Waals surface area contributed by atoms with Crippen molar-refractivity contribution in [1.29, 1.82) is 0 Å². The van der Waals surface area contributed by atoms with E-state index in [0.29, 0.717) is 97.5 Å². The van der Waals surface area contributed by atoms with Crippen LogP contribution in [-0.4, -0.2) is 148 Å². The van der Waals surface area contributed by atoms with Gasteiger partial charge in [-0.2, -0.15) is 0 Å². The molecule has 0 spiro atoms. The van der Waals surface area contributed by atoms with Gasteiger partial charge in [-0.3, -0.25) is 0 Å². The first-order valence-electron chi connectivity index (χ1n) is 17.7. The summed E-state index contributed by atoms with van der Waals surface area (Å²) in [5, 5.41) is 5.59. The first kappa shape index (κ1) is 43.7. The second-order valence-electron chi connectivity index (χ2n) is 11.5. The fraction of sp³-hybridized carbons (Fsp3) is 0.935. The molecule has 2 aliphatic rings. The molecule has 0 radical (unpaired) electrons. The number of methoxy groups -OCH3 is 1. The van der Waals surface area contributed by atoms with E-state index in [9.17, 15) is 9.59 Å². The summed E-state index contributed by atoms with van der Waals surface area (Å²) in [7, 11) is -4.13. The van der Waals surface area contributed by atoms with Crippen molar-refractivity contribution in [1.82, 2.24) is 10.6 Å². The molecule has 16 nitrogen and oxygen atoms in total. The van der Waals surface area contributed by atoms with E-state index < -0.39 is 41.3 Å². The summed E-state index contributed by atoms with van der Waals surface area (Å²) < 4.78 is 69.6. The summed E-state index contributed by atoms with van der Waals surface area (Å²) in [5.74, 6) is 0. The quantitative estimate of drug-likeness (QED) is 0.0602. The Labute approximate surface area is 294 Å². The molecular weight excluding hydrogens is 681 g/mol. The van der Waals surface area contributed by atoms with Crippen molar-refractivity contribution in [2.75, 3.05) is 99.5 Å². The highest BCUT2D eigenvalue weighted by molar-refractivity contribution is 6.61. The summed E-state index contributed by atoms with van der Waals surface area (Å²) >= 11 is 0. The van der Waals surface area contributed by atoms with Crippen LogP contribution in [0.2, 0.25) is 12.1 Å². The molecule has 0 aromatic heterocycles. The molecule has 2 heterocycles. The van der Waals surface area contributed by atoms with Crippen LogP contribution in [0.15, 0.2) is 0 Å². The van der Waals surface area contributed by atoms with E-state index in [4.69, 9.17) is 55.0 Å². The summed E-state index contributed by atoms with van der Waals surface area (Å²) in [6, 6.07) is 1.09. The highest BCUT2D eigenvalue weighted by atomic mass is 28.4. The van der Waals surface area contributed by atoms with Crippen LogP contribution in [0.1, 0.15) is 54.4 Å². The third-order valence-electron chi connectivity index (χ3n) is 7.68. The number of hydrogen-bond acceptors (Lipinski definition) is 14. The molecule has 2 fully saturated rings. The summed E-state index contributed by atoms with van der Waals surface area (Å²) in [6.07, 6.45) is -0.975. The molecule has 3 unspecified atom stereocenters. The van der Waals surface area contributed by atoms with E-state index in [1.165, 1.54) is 0 Å². The van der Waals surface area contributed by atoms with Gasteiger partial charge >= 0.3 is 29.8 Å². The van der Waals surface area contributed by atoms with Crippen molar-refractivity contribution >= 4 is 29.8 Å². The van der Waals surface area contributed by atoms with Crippen LogP contribution in [0, 0.1) is 5.41 Å². The molecule has 0 aromatic rings. The maximum atomic E-state index is 12.9. The Morgan fingerprint density at radius 2 is 1.10 bits per heavy atom. The second kappa shape index (κ2) is 23.9. The lowest BCUT2D eigenvalue weighted by molar-refractivity contribution is -0.124. The molecule has 288 valence electrons. The summed E-state index contributed by atoms with van der Waals surface area (Å²) in [4.78, 5) is 25.8. The van der Waals surface area contributed by atoms with E-state index in [2.05, 4.69) is 10.6 Å². The third-order valence-corrected chi connectivity index (χ3v) is 14.0. The number of carbonyl (C=O) groups is 2. The summed E-state index contributed by atoms with van der Waals surface area (Å²) in [6.45, 7) is 16.1. The number of ether oxygens (including phenoxy) is 6. The number of amides is 2. The predicted octanol–water partition coefficient (Wildman–Crippen LogP) is 3.13. The lowest BCUT2D eigenvalue weighted by Gasteiger charge is -2.37. The van der Waals surface area contributed by atoms with Crippen LogP contribution in [-0.2, 0) is 55.0 Å². The van der Waals surface area contributed by atoms with Gasteiger partial charge in [0.05, 0.1) is 37.9 Å². The van der Waals surface area contributed by atoms with Gasteiger partial charge in [-0.1, -0.05) is 0 Å². The molecule has 2 N–H and O–H groups in total. The Morgan fingerprint density at radius 1 is 0.694 bits per heavy atom. The topological polar surface area (TPSA) is 176 Å². The Balaban J connectivity index is 2.01. The van der Waals surface area contributed by atoms with Gasteiger partial charge in [0, 0.05) is 71.9 Å². The fourth-order valence-corrected chi connectivity index (χ4v) is 10.7. The van der Waals surface area contributed by atoms with Gasteiger partial charge in [0.1, 0.15) is 25.4 Å². The van der Waals surface area contributed by atoms with Crippen molar-refractivity contribution in [3.8, 4) is 0 Å². The normalized spacial score (nSPS) is 18.2. The maximum absolute atomic E-state index is 12.9. The van der Waals surface area contributed by atoms with Gasteiger partial charge in [0.15, 0.2) is 0 Å². The van der Waals surface area contributed by atoms with E-state index >= 15 is 0 Å². The smallest absolute Gasteiger partial charge is 0.449 e. The van der Waals surface area contributed by atoms with E-state index in [0.717, 1.165) is 0 Å². The average Bonchev–Trinajstić information content (AvgIpc) is 4.01. The van der Waals surface area contributed by atoms with Crippen LogP contribution < -0.4 is 10.6 Å². The van der Waals surface area contributed by atoms with Crippen molar-refractivity contribution in [2.45, 2.75) is 84.8 Å². The molecule has 0 aliphatic carbocycles. The zero-order valence-corrected chi connectivity index (χ0v) is 32.7. The summed E-state index contributed by atoms with van der Waals surface area (Å²) in [5.41, 5.74) is -1.07. The van der Waals surface area contributed by atoms with Crippen molar-refractivity contribution in [2.24, 2.45) is 5.41 Å². The minimum absolute atomic E-state index is 0.00534. The molecule has 49 heavy (non-hydrogen) atoms. The molecule has 3 atom stereocenters. The van der Waals surface area contributed by atoms with Gasteiger partial charge in [0.25, 0.3) is 0 Å². The molecule has 2 amide bonds. The second-order valence-corrected chi connectivity index (χ2v) is 17.0. The van der Waals surface area contributed by atoms with Gasteiger partial charge < -0.3 is 65.6 Å². The van der Waals surface area contributed by atoms with Crippen molar-refractivity contribution in [3.05, 3.63) is 0 Å². The van der Waals surface area contributed by atoms with Crippen LogP contribution in [0.5, 0.6) is 0 Å². The fourth-order valence-electron chi connectivity index (χ4n) is 5.47. The first-order valence-corrected chi connectivity index (χ1v) is 21.5. The Kier molecular flexibility index (Phi) is 21.4. The largest absolute Gasteiger partial charge is 0.500 e. The average molecular weight is 743 g/mol. The van der Waals surface area contributed by atoms with Crippen LogP contribution in [0.25, 0.3) is 0 Å². The van der Waals surface area contributed by atoms with Crippen molar-refractivity contribution in [3.63, 3.8) is 0 Å². The van der Waals surface area contributed by atoms with Crippen LogP contribution in [0.3, 0.4) is 0 Å². The van der Waals surface area contributed by atoms with Crippen molar-refractivity contribution < 1.29 is 64.6 Å².